The third kappa shape index (κ3) is 5.85. The van der Waals surface area contributed by atoms with Gasteiger partial charge in [0.1, 0.15) is 22.9 Å². The molecule has 12 heteroatoms. The summed E-state index contributed by atoms with van der Waals surface area (Å²) in [7, 11) is 0. The van der Waals surface area contributed by atoms with Gasteiger partial charge in [-0.15, -0.1) is 0 Å². The summed E-state index contributed by atoms with van der Waals surface area (Å²) in [5.41, 5.74) is 10.1. The first-order valence-corrected chi connectivity index (χ1v) is 15.9. The van der Waals surface area contributed by atoms with E-state index in [1.165, 1.54) is 24.5 Å². The Morgan fingerprint density at radius 3 is 2.33 bits per heavy atom. The highest BCUT2D eigenvalue weighted by Gasteiger charge is 2.47. The fourth-order valence-electron chi connectivity index (χ4n) is 6.86. The molecule has 3 aromatic rings. The van der Waals surface area contributed by atoms with Crippen LogP contribution in [0.5, 0.6) is 0 Å². The summed E-state index contributed by atoms with van der Waals surface area (Å²) in [5, 5.41) is 2.90. The molecule has 2 saturated carbocycles. The molecule has 9 nitrogen and oxygen atoms in total. The topological polar surface area (TPSA) is 126 Å². The Morgan fingerprint density at radius 2 is 1.72 bits per heavy atom. The minimum Gasteiger partial charge on any atom is -0.371 e. The van der Waals surface area contributed by atoms with E-state index in [2.05, 4.69) is 43.4 Å². The summed E-state index contributed by atoms with van der Waals surface area (Å²) in [6, 6.07) is 8.84. The normalized spacial score (nSPS) is 19.4. The number of piperidine rings is 1. The van der Waals surface area contributed by atoms with Gasteiger partial charge in [-0.3, -0.25) is 14.6 Å². The number of carbonyl (C=O) groups excluding carboxylic acids is 2. The molecule has 2 aliphatic heterocycles. The first-order valence-electron chi connectivity index (χ1n) is 15.9. The van der Waals surface area contributed by atoms with Crippen LogP contribution in [0, 0.1) is 19.8 Å². The van der Waals surface area contributed by atoms with Crippen molar-refractivity contribution in [1.29, 1.82) is 0 Å². The Hall–Kier alpha value is -4.35. The van der Waals surface area contributed by atoms with Crippen LogP contribution in [0.4, 0.5) is 18.9 Å². The van der Waals surface area contributed by atoms with Crippen molar-refractivity contribution in [3.8, 4) is 11.1 Å². The third-order valence-corrected chi connectivity index (χ3v) is 9.57. The predicted octanol–water partition coefficient (Wildman–Crippen LogP) is 4.95. The molecule has 1 aromatic carbocycles. The van der Waals surface area contributed by atoms with Crippen molar-refractivity contribution in [3.05, 3.63) is 70.1 Å². The fraction of sp³-hybridized carbons (Fsp3) is 0.471. The average molecular weight is 632 g/mol. The van der Waals surface area contributed by atoms with E-state index in [1.807, 2.05) is 13.8 Å². The summed E-state index contributed by atoms with van der Waals surface area (Å²) in [5.74, 6) is 0.659. The number of nitrogens with zero attached hydrogens (tertiary/aromatic N) is 5. The van der Waals surface area contributed by atoms with Gasteiger partial charge in [0.2, 0.25) is 5.91 Å². The lowest BCUT2D eigenvalue weighted by Gasteiger charge is -2.38. The highest BCUT2D eigenvalue weighted by molar-refractivity contribution is 6.16. The maximum absolute atomic E-state index is 13.4. The highest BCUT2D eigenvalue weighted by atomic mass is 19.4. The number of primary amides is 1. The van der Waals surface area contributed by atoms with E-state index in [0.717, 1.165) is 53.5 Å². The van der Waals surface area contributed by atoms with Gasteiger partial charge in [0.15, 0.2) is 0 Å². The first-order chi connectivity index (χ1) is 21.9. The third-order valence-electron chi connectivity index (χ3n) is 9.57. The van der Waals surface area contributed by atoms with Gasteiger partial charge in [-0.2, -0.15) is 13.2 Å². The number of hydrogen-bond donors (Lipinski definition) is 2. The maximum atomic E-state index is 13.4. The molecule has 7 rings (SSSR count). The van der Waals surface area contributed by atoms with Crippen LogP contribution in [0.15, 0.2) is 35.3 Å². The highest BCUT2D eigenvalue weighted by Crippen LogP contribution is 2.44. The van der Waals surface area contributed by atoms with Gasteiger partial charge in [0.05, 0.1) is 12.1 Å². The molecule has 1 spiro atoms. The van der Waals surface area contributed by atoms with Crippen LogP contribution >= 0.6 is 0 Å². The van der Waals surface area contributed by atoms with Crippen LogP contribution < -0.4 is 16.0 Å². The average Bonchev–Trinajstić information content (AvgIpc) is 3.93. The Labute approximate surface area is 264 Å². The van der Waals surface area contributed by atoms with Gasteiger partial charge in [-0.1, -0.05) is 12.1 Å². The number of aliphatic imine (C=N–C) groups is 1. The molecule has 0 radical (unpaired) electrons. The van der Waals surface area contributed by atoms with E-state index in [4.69, 9.17) is 10.7 Å². The molecule has 2 aliphatic carbocycles. The van der Waals surface area contributed by atoms with E-state index < -0.39 is 23.3 Å². The molecule has 4 heterocycles. The van der Waals surface area contributed by atoms with Gasteiger partial charge in [-0.25, -0.2) is 15.0 Å². The number of benzene rings is 1. The molecule has 0 unspecified atom stereocenters. The van der Waals surface area contributed by atoms with Crippen molar-refractivity contribution in [2.75, 3.05) is 18.0 Å². The summed E-state index contributed by atoms with van der Waals surface area (Å²) in [6.07, 6.45) is 1.37. The number of amides is 2. The predicted molar refractivity (Wildman–Crippen MR) is 166 cm³/mol. The van der Waals surface area contributed by atoms with Gasteiger partial charge < -0.3 is 16.0 Å². The largest absolute Gasteiger partial charge is 0.433 e. The summed E-state index contributed by atoms with van der Waals surface area (Å²) < 4.78 is 40.2. The van der Waals surface area contributed by atoms with Crippen LogP contribution in [0.1, 0.15) is 84.2 Å². The molecule has 0 bridgehead atoms. The zero-order chi connectivity index (χ0) is 32.4. The van der Waals surface area contributed by atoms with Gasteiger partial charge in [0.25, 0.3) is 5.91 Å². The molecule has 46 heavy (non-hydrogen) atoms. The van der Waals surface area contributed by atoms with Gasteiger partial charge in [0, 0.05) is 47.2 Å². The number of pyridine rings is 1. The first kappa shape index (κ1) is 30.3. The molecule has 2 aromatic heterocycles. The summed E-state index contributed by atoms with van der Waals surface area (Å²) in [4.78, 5) is 45.2. The molecule has 2 amide bonds. The SMILES string of the molecule is Cc1nc(CC(N)=O)nc(C)c1-c1ccc(CC2CC2)c(N2CCC3(CC2)N=C(c2ccc(C(F)(F)F)nc2C2CC2)NC3=O)c1. The molecular formula is C34H36F3N7O2. The van der Waals surface area contributed by atoms with Crippen LogP contribution in [0.2, 0.25) is 0 Å². The van der Waals surface area contributed by atoms with Crippen LogP contribution in [-0.4, -0.2) is 51.2 Å². The number of carbonyl (C=O) groups is 2. The number of aromatic nitrogens is 3. The second kappa shape index (κ2) is 11.2. The Kier molecular flexibility index (Phi) is 7.36. The van der Waals surface area contributed by atoms with Gasteiger partial charge >= 0.3 is 6.18 Å². The lowest BCUT2D eigenvalue weighted by atomic mass is 9.87. The molecule has 4 aliphatic rings. The van der Waals surface area contributed by atoms with Crippen molar-refractivity contribution in [2.45, 2.75) is 82.8 Å². The summed E-state index contributed by atoms with van der Waals surface area (Å²) >= 11 is 0. The number of alkyl halides is 3. The van der Waals surface area contributed by atoms with E-state index >= 15 is 0 Å². The Bertz CT molecular complexity index is 1750. The Morgan fingerprint density at radius 1 is 1.02 bits per heavy atom. The van der Waals surface area contributed by atoms with Crippen LogP contribution in [-0.2, 0) is 28.6 Å². The van der Waals surface area contributed by atoms with Crippen molar-refractivity contribution >= 4 is 23.3 Å². The van der Waals surface area contributed by atoms with Crippen molar-refractivity contribution in [1.82, 2.24) is 20.3 Å². The zero-order valence-corrected chi connectivity index (χ0v) is 25.9. The number of anilines is 1. The van der Waals surface area contributed by atoms with Crippen LogP contribution in [0.3, 0.4) is 0 Å². The number of rotatable bonds is 8. The number of halogens is 3. The molecule has 1 saturated heterocycles. The fourth-order valence-corrected chi connectivity index (χ4v) is 6.86. The second-order valence-corrected chi connectivity index (χ2v) is 13.2. The Balaban J connectivity index is 1.16. The molecule has 0 atom stereocenters. The van der Waals surface area contributed by atoms with Crippen molar-refractivity contribution in [2.24, 2.45) is 16.6 Å². The van der Waals surface area contributed by atoms with E-state index in [-0.39, 0.29) is 18.2 Å². The number of aryl methyl sites for hydroxylation is 2. The molecule has 3 fully saturated rings. The van der Waals surface area contributed by atoms with E-state index in [9.17, 15) is 22.8 Å². The van der Waals surface area contributed by atoms with Gasteiger partial charge in [-0.05, 0) is 94.0 Å². The number of nitrogens with one attached hydrogen (secondary N) is 1. The number of nitrogens with two attached hydrogens (primary N) is 1. The zero-order valence-electron chi connectivity index (χ0n) is 25.9. The minimum absolute atomic E-state index is 0.0158. The lowest BCUT2D eigenvalue weighted by molar-refractivity contribution is -0.141. The standard InChI is InChI=1S/C34H36F3N7O2/c1-18-29(19(2)40-28(39-18)17-27(38)45)23-8-7-22(15-20-3-4-20)25(16-23)44-13-11-33(12-14-44)32(46)42-31(43-33)24-9-10-26(34(35,36)37)41-30(24)21-5-6-21/h7-10,16,20-21H,3-6,11-15,17H2,1-2H3,(H2,38,45)(H,42,43,46). The smallest absolute Gasteiger partial charge is 0.371 e. The maximum Gasteiger partial charge on any atom is 0.433 e. The minimum atomic E-state index is -4.54. The molecule has 240 valence electrons. The second-order valence-electron chi connectivity index (χ2n) is 13.2. The summed E-state index contributed by atoms with van der Waals surface area (Å²) in [6.45, 7) is 5.01. The number of hydrogen-bond acceptors (Lipinski definition) is 7. The van der Waals surface area contributed by atoms with E-state index in [1.54, 1.807) is 0 Å². The van der Waals surface area contributed by atoms with Crippen LogP contribution in [0.25, 0.3) is 11.1 Å². The molecular weight excluding hydrogens is 595 g/mol. The van der Waals surface area contributed by atoms with E-state index in [0.29, 0.717) is 54.8 Å². The quantitative estimate of drug-likeness (QED) is 0.363. The lowest BCUT2D eigenvalue weighted by Crippen LogP contribution is -2.49. The number of amidine groups is 1. The monoisotopic (exact) mass is 631 g/mol. The molecule has 3 N–H and O–H groups in total. The van der Waals surface area contributed by atoms with Crippen molar-refractivity contribution < 1.29 is 22.8 Å². The van der Waals surface area contributed by atoms with Crippen molar-refractivity contribution in [3.63, 3.8) is 0 Å².